The van der Waals surface area contributed by atoms with Crippen molar-refractivity contribution in [2.24, 2.45) is 0 Å². The Morgan fingerprint density at radius 1 is 1.11 bits per heavy atom. The van der Waals surface area contributed by atoms with Gasteiger partial charge in [0.2, 0.25) is 11.2 Å². The molecule has 3 rings (SSSR count). The minimum Gasteiger partial charge on any atom is -0.464 e. The van der Waals surface area contributed by atoms with Gasteiger partial charge in [-0.15, -0.1) is 0 Å². The number of carbonyl (C=O) groups excluding carboxylic acids is 1. The van der Waals surface area contributed by atoms with Crippen LogP contribution in [-0.2, 0) is 17.0 Å². The number of aromatic nitrogens is 2. The molecule has 1 aromatic carbocycles. The van der Waals surface area contributed by atoms with Gasteiger partial charge in [0.05, 0.1) is 12.2 Å². The number of thioether (sulfide) groups is 1. The molecule has 144 valence electrons. The van der Waals surface area contributed by atoms with Crippen LogP contribution in [0.25, 0.3) is 0 Å². The first-order valence-electron chi connectivity index (χ1n) is 8.72. The van der Waals surface area contributed by atoms with Crippen molar-refractivity contribution in [3.8, 4) is 5.75 Å². The molecule has 2 aromatic heterocycles. The van der Waals surface area contributed by atoms with E-state index in [4.69, 9.17) is 9.15 Å². The molecular formula is C21H20N2O4S. The molecule has 0 N–H and O–H groups in total. The molecule has 0 bridgehead atoms. The summed E-state index contributed by atoms with van der Waals surface area (Å²) in [5.74, 6) is 0.226. The lowest BCUT2D eigenvalue weighted by Crippen LogP contribution is -2.16. The normalized spacial score (nSPS) is 10.7. The number of aryl methyl sites for hydroxylation is 3. The number of nitrogens with zero attached hydrogens (tertiary/aromatic N) is 2. The Morgan fingerprint density at radius 2 is 1.86 bits per heavy atom. The topological polar surface area (TPSA) is 82.3 Å². The van der Waals surface area contributed by atoms with Crippen molar-refractivity contribution >= 4 is 17.7 Å². The maximum Gasteiger partial charge on any atom is 0.315 e. The van der Waals surface area contributed by atoms with Crippen LogP contribution in [0.4, 0.5) is 0 Å². The monoisotopic (exact) mass is 396 g/mol. The van der Waals surface area contributed by atoms with Crippen LogP contribution in [0.2, 0.25) is 0 Å². The first kappa shape index (κ1) is 19.8. The second-order valence-electron chi connectivity index (χ2n) is 6.44. The van der Waals surface area contributed by atoms with Crippen LogP contribution in [0.3, 0.4) is 0 Å². The van der Waals surface area contributed by atoms with Gasteiger partial charge in [-0.1, -0.05) is 41.6 Å². The van der Waals surface area contributed by atoms with Crippen molar-refractivity contribution in [3.05, 3.63) is 81.2 Å². The summed E-state index contributed by atoms with van der Waals surface area (Å²) >= 11 is 1.37. The Hall–Kier alpha value is -2.93. The van der Waals surface area contributed by atoms with Crippen LogP contribution >= 0.6 is 11.8 Å². The molecule has 0 unspecified atom stereocenters. The van der Waals surface area contributed by atoms with Gasteiger partial charge >= 0.3 is 5.97 Å². The van der Waals surface area contributed by atoms with Gasteiger partial charge in [-0.3, -0.25) is 9.59 Å². The van der Waals surface area contributed by atoms with E-state index >= 15 is 0 Å². The SMILES string of the molecule is Cc1cccc(CC(=O)Oc2coc(CSc3nc(C)cc(C)n3)cc2=O)c1. The third kappa shape index (κ3) is 5.53. The van der Waals surface area contributed by atoms with Crippen molar-refractivity contribution in [2.75, 3.05) is 0 Å². The Kier molecular flexibility index (Phi) is 6.26. The molecule has 7 heteroatoms. The predicted octanol–water partition coefficient (Wildman–Crippen LogP) is 3.80. The highest BCUT2D eigenvalue weighted by atomic mass is 32.2. The first-order chi connectivity index (χ1) is 13.4. The minimum absolute atomic E-state index is 0.0861. The second kappa shape index (κ2) is 8.84. The van der Waals surface area contributed by atoms with E-state index in [9.17, 15) is 9.59 Å². The average molecular weight is 396 g/mol. The zero-order valence-corrected chi connectivity index (χ0v) is 16.7. The standard InChI is InChI=1S/C21H20N2O4S/c1-13-5-4-6-16(7-13)9-20(25)27-19-11-26-17(10-18(19)24)12-28-21-22-14(2)8-15(3)23-21/h4-8,10-11H,9,12H2,1-3H3. The van der Waals surface area contributed by atoms with Gasteiger partial charge in [0.15, 0.2) is 5.16 Å². The molecule has 0 fully saturated rings. The summed E-state index contributed by atoms with van der Waals surface area (Å²) < 4.78 is 10.6. The number of carbonyl (C=O) groups is 1. The molecular weight excluding hydrogens is 376 g/mol. The van der Waals surface area contributed by atoms with E-state index < -0.39 is 11.4 Å². The van der Waals surface area contributed by atoms with Crippen LogP contribution in [0.5, 0.6) is 5.75 Å². The summed E-state index contributed by atoms with van der Waals surface area (Å²) in [4.78, 5) is 33.0. The molecule has 28 heavy (non-hydrogen) atoms. The first-order valence-corrected chi connectivity index (χ1v) is 9.70. The molecule has 0 aliphatic carbocycles. The highest BCUT2D eigenvalue weighted by Crippen LogP contribution is 2.20. The zero-order valence-electron chi connectivity index (χ0n) is 15.9. The molecule has 3 aromatic rings. The maximum absolute atomic E-state index is 12.2. The molecule has 0 aliphatic rings. The second-order valence-corrected chi connectivity index (χ2v) is 7.38. The van der Waals surface area contributed by atoms with Crippen LogP contribution in [0, 0.1) is 20.8 Å². The average Bonchev–Trinajstić information content (AvgIpc) is 2.61. The lowest BCUT2D eigenvalue weighted by atomic mass is 10.1. The molecule has 0 spiro atoms. The molecule has 0 saturated heterocycles. The Labute approximate surface area is 167 Å². The summed E-state index contributed by atoms with van der Waals surface area (Å²) in [6, 6.07) is 10.8. The molecule has 0 radical (unpaired) electrons. The van der Waals surface area contributed by atoms with Crippen LogP contribution in [0.1, 0.15) is 28.3 Å². The maximum atomic E-state index is 12.2. The Bertz CT molecular complexity index is 1040. The quantitative estimate of drug-likeness (QED) is 0.356. The third-order valence-corrected chi connectivity index (χ3v) is 4.68. The largest absolute Gasteiger partial charge is 0.464 e. The fourth-order valence-electron chi connectivity index (χ4n) is 2.63. The van der Waals surface area contributed by atoms with Crippen molar-refractivity contribution in [1.82, 2.24) is 9.97 Å². The Balaban J connectivity index is 1.62. The van der Waals surface area contributed by atoms with Crippen LogP contribution < -0.4 is 10.2 Å². The van der Waals surface area contributed by atoms with E-state index in [1.807, 2.05) is 51.1 Å². The fourth-order valence-corrected chi connectivity index (χ4v) is 3.47. The summed E-state index contributed by atoms with van der Waals surface area (Å²) in [6.07, 6.45) is 1.26. The van der Waals surface area contributed by atoms with Crippen molar-refractivity contribution in [2.45, 2.75) is 38.1 Å². The van der Waals surface area contributed by atoms with Gasteiger partial charge < -0.3 is 9.15 Å². The van der Waals surface area contributed by atoms with Crippen molar-refractivity contribution in [3.63, 3.8) is 0 Å². The van der Waals surface area contributed by atoms with Gasteiger partial charge in [-0.2, -0.15) is 0 Å². The van der Waals surface area contributed by atoms with E-state index in [2.05, 4.69) is 9.97 Å². The molecule has 0 aliphatic heterocycles. The highest BCUT2D eigenvalue weighted by molar-refractivity contribution is 7.98. The number of hydrogen-bond donors (Lipinski definition) is 0. The van der Waals surface area contributed by atoms with Gasteiger partial charge in [0, 0.05) is 17.5 Å². The summed E-state index contributed by atoms with van der Waals surface area (Å²) in [6.45, 7) is 5.75. The molecule has 0 amide bonds. The summed E-state index contributed by atoms with van der Waals surface area (Å²) in [5.41, 5.74) is 3.25. The fraction of sp³-hybridized carbons (Fsp3) is 0.238. The predicted molar refractivity (Wildman–Crippen MR) is 107 cm³/mol. The highest BCUT2D eigenvalue weighted by Gasteiger charge is 2.12. The summed E-state index contributed by atoms with van der Waals surface area (Å²) in [7, 11) is 0. The van der Waals surface area contributed by atoms with E-state index in [-0.39, 0.29) is 12.2 Å². The number of ether oxygens (including phenoxy) is 1. The lowest BCUT2D eigenvalue weighted by molar-refractivity contribution is -0.133. The van der Waals surface area contributed by atoms with Gasteiger partial charge in [0.25, 0.3) is 0 Å². The Morgan fingerprint density at radius 3 is 2.54 bits per heavy atom. The van der Waals surface area contributed by atoms with Gasteiger partial charge in [-0.25, -0.2) is 9.97 Å². The molecule has 0 saturated carbocycles. The van der Waals surface area contributed by atoms with Crippen LogP contribution in [-0.4, -0.2) is 15.9 Å². The van der Waals surface area contributed by atoms with E-state index in [1.165, 1.54) is 24.1 Å². The third-order valence-electron chi connectivity index (χ3n) is 3.81. The lowest BCUT2D eigenvalue weighted by Gasteiger charge is -2.06. The number of benzene rings is 1. The van der Waals surface area contributed by atoms with Crippen LogP contribution in [0.15, 0.2) is 57.0 Å². The van der Waals surface area contributed by atoms with E-state index in [0.717, 1.165) is 22.5 Å². The van der Waals surface area contributed by atoms with Gasteiger partial charge in [0.1, 0.15) is 12.0 Å². The molecule has 2 heterocycles. The van der Waals surface area contributed by atoms with E-state index in [1.54, 1.807) is 0 Å². The number of rotatable bonds is 6. The molecule has 6 nitrogen and oxygen atoms in total. The summed E-state index contributed by atoms with van der Waals surface area (Å²) in [5, 5.41) is 0.619. The molecule has 0 atom stereocenters. The van der Waals surface area contributed by atoms with E-state index in [0.29, 0.717) is 16.7 Å². The number of esters is 1. The van der Waals surface area contributed by atoms with Crippen molar-refractivity contribution < 1.29 is 13.9 Å². The zero-order chi connectivity index (χ0) is 20.1. The van der Waals surface area contributed by atoms with Crippen molar-refractivity contribution in [1.29, 1.82) is 0 Å². The minimum atomic E-state index is -0.510. The van der Waals surface area contributed by atoms with Gasteiger partial charge in [-0.05, 0) is 32.4 Å². The number of hydrogen-bond acceptors (Lipinski definition) is 7. The smallest absolute Gasteiger partial charge is 0.315 e.